The van der Waals surface area contributed by atoms with Gasteiger partial charge in [0, 0.05) is 24.7 Å². The first-order chi connectivity index (χ1) is 9.48. The molecule has 0 aliphatic rings. The van der Waals surface area contributed by atoms with E-state index in [1.807, 2.05) is 24.7 Å². The average Bonchev–Trinajstić information content (AvgIpc) is 2.79. The van der Waals surface area contributed by atoms with Crippen LogP contribution in [0.15, 0.2) is 30.3 Å². The van der Waals surface area contributed by atoms with E-state index in [4.69, 9.17) is 5.73 Å². The third kappa shape index (κ3) is 2.90. The highest BCUT2D eigenvalue weighted by Crippen LogP contribution is 2.27. The van der Waals surface area contributed by atoms with Crippen LogP contribution in [0.3, 0.4) is 0 Å². The molecule has 108 valence electrons. The molecule has 1 atom stereocenters. The first-order valence-corrected chi connectivity index (χ1v) is 7.05. The van der Waals surface area contributed by atoms with E-state index in [-0.39, 0.29) is 5.82 Å². The Kier molecular flexibility index (Phi) is 4.23. The average molecular weight is 275 g/mol. The van der Waals surface area contributed by atoms with Crippen LogP contribution in [0.4, 0.5) is 4.39 Å². The Morgan fingerprint density at radius 3 is 2.60 bits per heavy atom. The fourth-order valence-electron chi connectivity index (χ4n) is 2.46. The van der Waals surface area contributed by atoms with Crippen molar-refractivity contribution < 1.29 is 4.39 Å². The van der Waals surface area contributed by atoms with Crippen LogP contribution in [-0.2, 0) is 25.4 Å². The summed E-state index contributed by atoms with van der Waals surface area (Å²) in [6, 6.07) is 8.66. The smallest absolute Gasteiger partial charge is 0.123 e. The van der Waals surface area contributed by atoms with E-state index in [0.717, 1.165) is 29.8 Å². The van der Waals surface area contributed by atoms with Crippen LogP contribution in [0, 0.1) is 5.82 Å². The highest BCUT2D eigenvalue weighted by molar-refractivity contribution is 5.27. The van der Waals surface area contributed by atoms with Crippen molar-refractivity contribution in [3.8, 4) is 0 Å². The zero-order valence-electron chi connectivity index (χ0n) is 12.4. The van der Waals surface area contributed by atoms with Crippen molar-refractivity contribution >= 4 is 0 Å². The van der Waals surface area contributed by atoms with E-state index < -0.39 is 5.54 Å². The summed E-state index contributed by atoms with van der Waals surface area (Å²) >= 11 is 0. The lowest BCUT2D eigenvalue weighted by Crippen LogP contribution is -2.39. The van der Waals surface area contributed by atoms with Gasteiger partial charge in [0.25, 0.3) is 0 Å². The number of nitrogens with two attached hydrogens (primary N) is 1. The highest BCUT2D eigenvalue weighted by atomic mass is 19.1. The van der Waals surface area contributed by atoms with E-state index >= 15 is 0 Å². The van der Waals surface area contributed by atoms with Crippen molar-refractivity contribution in [1.82, 2.24) is 9.78 Å². The molecule has 20 heavy (non-hydrogen) atoms. The molecule has 0 spiro atoms. The van der Waals surface area contributed by atoms with Crippen molar-refractivity contribution in [3.05, 3.63) is 53.1 Å². The fraction of sp³-hybridized carbons (Fsp3) is 0.438. The van der Waals surface area contributed by atoms with Gasteiger partial charge in [0.05, 0.1) is 5.69 Å². The standard InChI is InChI=1S/C16H22FN3/c1-4-14-10-15(20(3)19-14)11-16(18,5-2)12-7-6-8-13(17)9-12/h6-10H,4-5,11,18H2,1-3H3. The summed E-state index contributed by atoms with van der Waals surface area (Å²) < 4.78 is 15.3. The number of benzene rings is 1. The lowest BCUT2D eigenvalue weighted by atomic mass is 9.84. The zero-order chi connectivity index (χ0) is 14.8. The maximum atomic E-state index is 13.4. The maximum absolute atomic E-state index is 13.4. The maximum Gasteiger partial charge on any atom is 0.123 e. The van der Waals surface area contributed by atoms with Crippen LogP contribution in [0.5, 0.6) is 0 Å². The molecule has 1 heterocycles. The molecule has 0 amide bonds. The van der Waals surface area contributed by atoms with Gasteiger partial charge >= 0.3 is 0 Å². The summed E-state index contributed by atoms with van der Waals surface area (Å²) in [5.74, 6) is -0.245. The second-order valence-electron chi connectivity index (χ2n) is 5.30. The van der Waals surface area contributed by atoms with Gasteiger partial charge in [-0.3, -0.25) is 4.68 Å². The number of halogens is 1. The highest BCUT2D eigenvalue weighted by Gasteiger charge is 2.27. The molecule has 2 aromatic rings. The topological polar surface area (TPSA) is 43.8 Å². The molecule has 3 nitrogen and oxygen atoms in total. The Balaban J connectivity index is 2.33. The molecule has 4 heteroatoms. The van der Waals surface area contributed by atoms with Gasteiger partial charge in [0.1, 0.15) is 5.82 Å². The molecule has 2 rings (SSSR count). The minimum atomic E-state index is -0.569. The van der Waals surface area contributed by atoms with Gasteiger partial charge in [-0.05, 0) is 36.6 Å². The van der Waals surface area contributed by atoms with Gasteiger partial charge in [-0.15, -0.1) is 0 Å². The second-order valence-corrected chi connectivity index (χ2v) is 5.30. The van der Waals surface area contributed by atoms with Gasteiger partial charge in [-0.2, -0.15) is 5.10 Å². The fourth-order valence-corrected chi connectivity index (χ4v) is 2.46. The van der Waals surface area contributed by atoms with Crippen molar-refractivity contribution in [2.45, 2.75) is 38.6 Å². The summed E-state index contributed by atoms with van der Waals surface area (Å²) in [4.78, 5) is 0. The number of aryl methyl sites for hydroxylation is 2. The van der Waals surface area contributed by atoms with Gasteiger partial charge in [-0.25, -0.2) is 4.39 Å². The van der Waals surface area contributed by atoms with Gasteiger partial charge < -0.3 is 5.73 Å². The first-order valence-electron chi connectivity index (χ1n) is 7.05. The third-order valence-electron chi connectivity index (χ3n) is 3.92. The Morgan fingerprint density at radius 1 is 1.30 bits per heavy atom. The molecule has 2 N–H and O–H groups in total. The van der Waals surface area contributed by atoms with E-state index in [0.29, 0.717) is 6.42 Å². The van der Waals surface area contributed by atoms with Crippen LogP contribution >= 0.6 is 0 Å². The quantitative estimate of drug-likeness (QED) is 0.911. The lowest BCUT2D eigenvalue weighted by Gasteiger charge is -2.29. The minimum Gasteiger partial charge on any atom is -0.321 e. The molecule has 1 aromatic heterocycles. The second kappa shape index (κ2) is 5.75. The Morgan fingerprint density at radius 2 is 2.05 bits per heavy atom. The molecular weight excluding hydrogens is 253 g/mol. The number of hydrogen-bond acceptors (Lipinski definition) is 2. The van der Waals surface area contributed by atoms with Crippen LogP contribution in [0.1, 0.15) is 37.2 Å². The van der Waals surface area contributed by atoms with E-state index in [1.54, 1.807) is 6.07 Å². The summed E-state index contributed by atoms with van der Waals surface area (Å²) in [7, 11) is 1.93. The first kappa shape index (κ1) is 14.7. The molecule has 1 aromatic carbocycles. The summed E-state index contributed by atoms with van der Waals surface area (Å²) in [6.45, 7) is 4.11. The van der Waals surface area contributed by atoms with Crippen molar-refractivity contribution in [1.29, 1.82) is 0 Å². The molecule has 0 fully saturated rings. The summed E-state index contributed by atoms with van der Waals surface area (Å²) in [5.41, 5.74) is 8.93. The van der Waals surface area contributed by atoms with Gasteiger partial charge in [-0.1, -0.05) is 26.0 Å². The number of aromatic nitrogens is 2. The number of rotatable bonds is 5. The van der Waals surface area contributed by atoms with E-state index in [9.17, 15) is 4.39 Å². The van der Waals surface area contributed by atoms with Crippen LogP contribution in [0.25, 0.3) is 0 Å². The third-order valence-corrected chi connectivity index (χ3v) is 3.92. The molecule has 0 radical (unpaired) electrons. The zero-order valence-corrected chi connectivity index (χ0v) is 12.4. The summed E-state index contributed by atoms with van der Waals surface area (Å²) in [6.07, 6.45) is 2.29. The van der Waals surface area contributed by atoms with E-state index in [1.165, 1.54) is 12.1 Å². The molecule has 0 bridgehead atoms. The lowest BCUT2D eigenvalue weighted by molar-refractivity contribution is 0.410. The predicted octanol–water partition coefficient (Wildman–Crippen LogP) is 2.93. The monoisotopic (exact) mass is 275 g/mol. The molecular formula is C16H22FN3. The minimum absolute atomic E-state index is 0.245. The molecule has 0 saturated heterocycles. The van der Waals surface area contributed by atoms with Gasteiger partial charge in [0.2, 0.25) is 0 Å². The molecule has 1 unspecified atom stereocenters. The van der Waals surface area contributed by atoms with Crippen LogP contribution < -0.4 is 5.73 Å². The normalized spacial score (nSPS) is 14.2. The molecule has 0 aliphatic heterocycles. The predicted molar refractivity (Wildman–Crippen MR) is 78.8 cm³/mol. The molecule has 0 aliphatic carbocycles. The number of nitrogens with zero attached hydrogens (tertiary/aromatic N) is 2. The van der Waals surface area contributed by atoms with Crippen molar-refractivity contribution in [3.63, 3.8) is 0 Å². The largest absolute Gasteiger partial charge is 0.321 e. The Bertz CT molecular complexity index is 591. The van der Waals surface area contributed by atoms with Crippen molar-refractivity contribution in [2.24, 2.45) is 12.8 Å². The van der Waals surface area contributed by atoms with Gasteiger partial charge in [0.15, 0.2) is 0 Å². The summed E-state index contributed by atoms with van der Waals surface area (Å²) in [5, 5.41) is 4.45. The SMILES string of the molecule is CCc1cc(CC(N)(CC)c2cccc(F)c2)n(C)n1. The van der Waals surface area contributed by atoms with Crippen molar-refractivity contribution in [2.75, 3.05) is 0 Å². The molecule has 0 saturated carbocycles. The van der Waals surface area contributed by atoms with E-state index in [2.05, 4.69) is 18.1 Å². The van der Waals surface area contributed by atoms with Crippen LogP contribution in [0.2, 0.25) is 0 Å². The number of hydrogen-bond donors (Lipinski definition) is 1. The Labute approximate surface area is 119 Å². The van der Waals surface area contributed by atoms with Crippen LogP contribution in [-0.4, -0.2) is 9.78 Å². The Hall–Kier alpha value is -1.68.